The lowest BCUT2D eigenvalue weighted by atomic mass is 10.0. The number of carbonyl (C=O) groups excluding carboxylic acids is 1. The number of hydrogen-bond acceptors (Lipinski definition) is 7. The summed E-state index contributed by atoms with van der Waals surface area (Å²) in [6, 6.07) is 13.6. The maximum Gasteiger partial charge on any atom is 0.235 e. The summed E-state index contributed by atoms with van der Waals surface area (Å²) in [5.74, 6) is -0.00798. The first kappa shape index (κ1) is 23.2. The highest BCUT2D eigenvalue weighted by atomic mass is 32.2. The molecule has 0 spiro atoms. The number of benzene rings is 1. The third kappa shape index (κ3) is 5.29. The van der Waals surface area contributed by atoms with Gasteiger partial charge in [-0.3, -0.25) is 4.79 Å². The largest absolute Gasteiger partial charge is 0.368 e. The zero-order valence-electron chi connectivity index (χ0n) is 17.5. The topological polar surface area (TPSA) is 119 Å². The smallest absolute Gasteiger partial charge is 0.235 e. The van der Waals surface area contributed by atoms with Crippen molar-refractivity contribution in [2.45, 2.75) is 30.5 Å². The van der Waals surface area contributed by atoms with Gasteiger partial charge < -0.3 is 16.0 Å². The first-order valence-corrected chi connectivity index (χ1v) is 10.7. The quantitative estimate of drug-likeness (QED) is 0.446. The standard InChI is InChI=1S/C22H26N6OS/c1-4-16-17(13-23)21(28(3)12-11-26-5-2)27-22(18(16)14-24)30-19(20(25)29)15-9-7-6-8-10-15/h6-10,19,26H,4-5,11-12H2,1-3H3,(H2,25,29). The second kappa shape index (κ2) is 11.2. The number of thioether (sulfide) groups is 1. The van der Waals surface area contributed by atoms with Gasteiger partial charge in [-0.05, 0) is 24.1 Å². The van der Waals surface area contributed by atoms with Crippen LogP contribution in [0.5, 0.6) is 0 Å². The Balaban J connectivity index is 2.57. The molecule has 0 saturated heterocycles. The number of hydrogen-bond donors (Lipinski definition) is 2. The molecule has 0 fully saturated rings. The summed E-state index contributed by atoms with van der Waals surface area (Å²) in [7, 11) is 1.86. The van der Waals surface area contributed by atoms with Gasteiger partial charge in [-0.1, -0.05) is 55.9 Å². The van der Waals surface area contributed by atoms with Gasteiger partial charge in [0.1, 0.15) is 28.2 Å². The third-order valence-electron chi connectivity index (χ3n) is 4.65. The van der Waals surface area contributed by atoms with Crippen LogP contribution < -0.4 is 16.0 Å². The van der Waals surface area contributed by atoms with Crippen molar-refractivity contribution in [3.63, 3.8) is 0 Å². The van der Waals surface area contributed by atoms with Crippen molar-refractivity contribution in [1.82, 2.24) is 10.3 Å². The van der Waals surface area contributed by atoms with Gasteiger partial charge in [0, 0.05) is 20.1 Å². The average Bonchev–Trinajstić information content (AvgIpc) is 2.76. The van der Waals surface area contributed by atoms with Crippen molar-refractivity contribution < 1.29 is 4.79 Å². The molecule has 1 heterocycles. The molecule has 1 aromatic heterocycles. The molecule has 0 saturated carbocycles. The van der Waals surface area contributed by atoms with Crippen LogP contribution in [0, 0.1) is 22.7 Å². The lowest BCUT2D eigenvalue weighted by Gasteiger charge is -2.23. The third-order valence-corrected chi connectivity index (χ3v) is 5.91. The van der Waals surface area contributed by atoms with Crippen molar-refractivity contribution in [3.05, 3.63) is 52.6 Å². The number of rotatable bonds is 10. The summed E-state index contributed by atoms with van der Waals surface area (Å²) in [5.41, 5.74) is 7.77. The van der Waals surface area contributed by atoms with Crippen molar-refractivity contribution in [3.8, 4) is 12.1 Å². The molecule has 8 heteroatoms. The summed E-state index contributed by atoms with van der Waals surface area (Å²) in [4.78, 5) is 18.7. The normalized spacial score (nSPS) is 11.4. The highest BCUT2D eigenvalue weighted by molar-refractivity contribution is 8.00. The predicted octanol–water partition coefficient (Wildman–Crippen LogP) is 2.75. The van der Waals surface area contributed by atoms with Gasteiger partial charge >= 0.3 is 0 Å². The Bertz CT molecular complexity index is 964. The minimum Gasteiger partial charge on any atom is -0.368 e. The minimum absolute atomic E-state index is 0.324. The van der Waals surface area contributed by atoms with E-state index in [-0.39, 0.29) is 0 Å². The van der Waals surface area contributed by atoms with E-state index < -0.39 is 11.2 Å². The van der Waals surface area contributed by atoms with Crippen LogP contribution in [0.25, 0.3) is 0 Å². The van der Waals surface area contributed by atoms with Crippen LogP contribution >= 0.6 is 11.8 Å². The SMILES string of the molecule is CCNCCN(C)c1nc(SC(C(N)=O)c2ccccc2)c(C#N)c(CC)c1C#N. The van der Waals surface area contributed by atoms with E-state index in [4.69, 9.17) is 5.73 Å². The van der Waals surface area contributed by atoms with Crippen LogP contribution in [0.2, 0.25) is 0 Å². The summed E-state index contributed by atoms with van der Waals surface area (Å²) in [5, 5.41) is 22.6. The van der Waals surface area contributed by atoms with E-state index in [1.165, 1.54) is 0 Å². The summed E-state index contributed by atoms with van der Waals surface area (Å²) >= 11 is 1.15. The van der Waals surface area contributed by atoms with Gasteiger partial charge in [-0.25, -0.2) is 4.98 Å². The van der Waals surface area contributed by atoms with Crippen LogP contribution in [0.3, 0.4) is 0 Å². The lowest BCUT2D eigenvalue weighted by Crippen LogP contribution is -2.30. The number of pyridine rings is 1. The number of nitrogens with one attached hydrogen (secondary N) is 1. The second-order valence-electron chi connectivity index (χ2n) is 6.63. The fourth-order valence-electron chi connectivity index (χ4n) is 3.10. The Labute approximate surface area is 181 Å². The van der Waals surface area contributed by atoms with Gasteiger partial charge in [0.05, 0.1) is 11.1 Å². The molecule has 2 aromatic rings. The monoisotopic (exact) mass is 422 g/mol. The molecule has 1 aromatic carbocycles. The number of likely N-dealkylation sites (N-methyl/N-ethyl adjacent to an activating group) is 2. The number of anilines is 1. The van der Waals surface area contributed by atoms with Gasteiger partial charge in [0.25, 0.3) is 0 Å². The molecule has 156 valence electrons. The predicted molar refractivity (Wildman–Crippen MR) is 119 cm³/mol. The summed E-state index contributed by atoms with van der Waals surface area (Å²) in [6.07, 6.45) is 0.502. The van der Waals surface area contributed by atoms with Crippen LogP contribution in [0.15, 0.2) is 35.4 Å². The van der Waals surface area contributed by atoms with E-state index in [0.717, 1.165) is 30.4 Å². The molecule has 0 bridgehead atoms. The van der Waals surface area contributed by atoms with E-state index in [9.17, 15) is 15.3 Å². The number of primary amides is 1. The van der Waals surface area contributed by atoms with Crippen LogP contribution in [-0.4, -0.2) is 37.6 Å². The number of nitrogens with zero attached hydrogens (tertiary/aromatic N) is 4. The maximum atomic E-state index is 12.2. The number of nitrogens with two attached hydrogens (primary N) is 1. The maximum absolute atomic E-state index is 12.2. The van der Waals surface area contributed by atoms with E-state index in [1.54, 1.807) is 0 Å². The molecule has 3 N–H and O–H groups in total. The number of aromatic nitrogens is 1. The van der Waals surface area contributed by atoms with Gasteiger partial charge in [0.2, 0.25) is 5.91 Å². The Kier molecular flexibility index (Phi) is 8.67. The average molecular weight is 423 g/mol. The van der Waals surface area contributed by atoms with E-state index in [2.05, 4.69) is 22.4 Å². The Morgan fingerprint density at radius 3 is 2.43 bits per heavy atom. The highest BCUT2D eigenvalue weighted by Crippen LogP contribution is 2.39. The number of amides is 1. The van der Waals surface area contributed by atoms with Crippen molar-refractivity contribution >= 4 is 23.5 Å². The fraction of sp³-hybridized carbons (Fsp3) is 0.364. The van der Waals surface area contributed by atoms with Crippen LogP contribution in [-0.2, 0) is 11.2 Å². The van der Waals surface area contributed by atoms with Crippen LogP contribution in [0.4, 0.5) is 5.82 Å². The lowest BCUT2D eigenvalue weighted by molar-refractivity contribution is -0.117. The number of carbonyl (C=O) groups is 1. The van der Waals surface area contributed by atoms with Gasteiger partial charge in [-0.15, -0.1) is 0 Å². The summed E-state index contributed by atoms with van der Waals surface area (Å²) in [6.45, 7) is 6.15. The first-order valence-electron chi connectivity index (χ1n) is 9.78. The van der Waals surface area contributed by atoms with E-state index in [0.29, 0.717) is 40.5 Å². The van der Waals surface area contributed by atoms with Gasteiger partial charge in [-0.2, -0.15) is 10.5 Å². The molecule has 1 atom stereocenters. The minimum atomic E-state index is -0.691. The molecule has 0 aliphatic heterocycles. The van der Waals surface area contributed by atoms with Crippen LogP contribution in [0.1, 0.15) is 41.4 Å². The zero-order valence-corrected chi connectivity index (χ0v) is 18.3. The van der Waals surface area contributed by atoms with Crippen molar-refractivity contribution in [2.24, 2.45) is 5.73 Å². The molecule has 1 amide bonds. The Morgan fingerprint density at radius 1 is 1.23 bits per heavy atom. The van der Waals surface area contributed by atoms with Crippen molar-refractivity contribution in [2.75, 3.05) is 31.6 Å². The number of nitriles is 2. The summed E-state index contributed by atoms with van der Waals surface area (Å²) < 4.78 is 0. The molecule has 1 unspecified atom stereocenters. The van der Waals surface area contributed by atoms with Crippen molar-refractivity contribution in [1.29, 1.82) is 10.5 Å². The van der Waals surface area contributed by atoms with E-state index >= 15 is 0 Å². The molecule has 0 aliphatic carbocycles. The molecule has 2 rings (SSSR count). The Hall–Kier alpha value is -3.07. The fourth-order valence-corrected chi connectivity index (χ4v) is 4.16. The Morgan fingerprint density at radius 2 is 1.90 bits per heavy atom. The molecule has 7 nitrogen and oxygen atoms in total. The second-order valence-corrected chi connectivity index (χ2v) is 7.73. The molecule has 30 heavy (non-hydrogen) atoms. The molecule has 0 aliphatic rings. The van der Waals surface area contributed by atoms with Gasteiger partial charge in [0.15, 0.2) is 0 Å². The molecular formula is C22H26N6OS. The zero-order chi connectivity index (χ0) is 22.1. The molecule has 0 radical (unpaired) electrons. The highest BCUT2D eigenvalue weighted by Gasteiger charge is 2.26. The van der Waals surface area contributed by atoms with E-state index in [1.807, 2.05) is 56.1 Å². The first-order chi connectivity index (χ1) is 14.5. The molecular weight excluding hydrogens is 396 g/mol.